The van der Waals surface area contributed by atoms with Gasteiger partial charge in [0.15, 0.2) is 5.82 Å². The second-order valence-electron chi connectivity index (χ2n) is 10.1. The molecule has 6 atom stereocenters. The third-order valence-electron chi connectivity index (χ3n) is 8.30. The Morgan fingerprint density at radius 2 is 1.73 bits per heavy atom. The van der Waals surface area contributed by atoms with E-state index in [4.69, 9.17) is 0 Å². The van der Waals surface area contributed by atoms with Gasteiger partial charge in [-0.15, -0.1) is 6.58 Å². The Kier molecular flexibility index (Phi) is 5.90. The van der Waals surface area contributed by atoms with Crippen molar-refractivity contribution in [2.45, 2.75) is 66.3 Å². The zero-order valence-electron chi connectivity index (χ0n) is 20.9. The summed E-state index contributed by atoms with van der Waals surface area (Å²) >= 11 is 0. The van der Waals surface area contributed by atoms with Gasteiger partial charge in [0.25, 0.3) is 0 Å². The number of fused-ring (bicyclic) bond motifs is 1. The predicted molar refractivity (Wildman–Crippen MR) is 134 cm³/mol. The molecule has 2 aromatic rings. The Labute approximate surface area is 198 Å². The van der Waals surface area contributed by atoms with Gasteiger partial charge in [0.1, 0.15) is 11.6 Å². The molecular formula is C28H35N5. The van der Waals surface area contributed by atoms with Gasteiger partial charge in [-0.25, -0.2) is 15.0 Å². The van der Waals surface area contributed by atoms with Crippen molar-refractivity contribution >= 4 is 5.69 Å². The van der Waals surface area contributed by atoms with Crippen LogP contribution in [0.15, 0.2) is 42.6 Å². The Bertz CT molecular complexity index is 1140. The number of hydrogen-bond donors (Lipinski definition) is 0. The predicted octanol–water partition coefficient (Wildman–Crippen LogP) is 6.36. The van der Waals surface area contributed by atoms with E-state index in [1.165, 1.54) is 16.9 Å². The van der Waals surface area contributed by atoms with Crippen molar-refractivity contribution in [3.05, 3.63) is 59.8 Å². The second kappa shape index (κ2) is 8.41. The number of aromatic nitrogens is 3. The maximum absolute atomic E-state index is 10.0. The number of anilines is 1. The van der Waals surface area contributed by atoms with Crippen molar-refractivity contribution in [2.24, 2.45) is 23.7 Å². The molecule has 5 nitrogen and oxygen atoms in total. The summed E-state index contributed by atoms with van der Waals surface area (Å²) in [6.07, 6.45) is 4.89. The Morgan fingerprint density at radius 1 is 1.06 bits per heavy atom. The molecule has 3 unspecified atom stereocenters. The van der Waals surface area contributed by atoms with Crippen LogP contribution in [-0.2, 0) is 0 Å². The molecule has 0 amide bonds. The fraction of sp³-hybridized carbons (Fsp3) is 0.500. The fourth-order valence-corrected chi connectivity index (χ4v) is 6.53. The standard InChI is InChI=1S/C28H35N5/c1-9-25-19(5)18(4)20(6)28(25,12-13-29)33-17(3)14-16(2)24-15-23(10-11-26(24)33)27-31-21(7)30-22(8)32-27/h9-11,14-16,18-20,25H,1,12H2,2-8H3/t16?,18-,19+,20+,25?,28?/m1/s1. The first-order chi connectivity index (χ1) is 15.6. The minimum absolute atomic E-state index is 0.222. The molecule has 1 fully saturated rings. The first-order valence-electron chi connectivity index (χ1n) is 12.0. The van der Waals surface area contributed by atoms with Crippen LogP contribution in [0.2, 0.25) is 0 Å². The van der Waals surface area contributed by atoms with Gasteiger partial charge in [-0.05, 0) is 62.3 Å². The lowest BCUT2D eigenvalue weighted by Gasteiger charge is -2.51. The Balaban J connectivity index is 1.92. The van der Waals surface area contributed by atoms with E-state index in [0.29, 0.717) is 30.0 Å². The van der Waals surface area contributed by atoms with Crippen molar-refractivity contribution in [3.63, 3.8) is 0 Å². The van der Waals surface area contributed by atoms with Gasteiger partial charge < -0.3 is 4.90 Å². The molecule has 0 saturated heterocycles. The minimum atomic E-state index is -0.327. The number of nitrogens with zero attached hydrogens (tertiary/aromatic N) is 5. The normalized spacial score (nSPS) is 31.0. The van der Waals surface area contributed by atoms with Crippen molar-refractivity contribution in [3.8, 4) is 17.5 Å². The maximum Gasteiger partial charge on any atom is 0.163 e. The molecule has 1 aromatic heterocycles. The first-order valence-corrected chi connectivity index (χ1v) is 12.0. The number of aryl methyl sites for hydroxylation is 2. The zero-order valence-corrected chi connectivity index (χ0v) is 20.9. The molecule has 33 heavy (non-hydrogen) atoms. The smallest absolute Gasteiger partial charge is 0.163 e. The minimum Gasteiger partial charge on any atom is -0.337 e. The van der Waals surface area contributed by atoms with Gasteiger partial charge in [0.2, 0.25) is 0 Å². The largest absolute Gasteiger partial charge is 0.337 e. The molecule has 2 aliphatic rings. The van der Waals surface area contributed by atoms with Crippen LogP contribution in [-0.4, -0.2) is 20.5 Å². The summed E-state index contributed by atoms with van der Waals surface area (Å²) in [6.45, 7) is 19.4. The van der Waals surface area contributed by atoms with E-state index in [1.807, 2.05) is 13.8 Å². The summed E-state index contributed by atoms with van der Waals surface area (Å²) < 4.78 is 0. The highest BCUT2D eigenvalue weighted by Crippen LogP contribution is 2.57. The van der Waals surface area contributed by atoms with E-state index in [2.05, 4.69) is 97.5 Å². The lowest BCUT2D eigenvalue weighted by Crippen LogP contribution is -2.55. The van der Waals surface area contributed by atoms with Gasteiger partial charge in [0.05, 0.1) is 18.0 Å². The van der Waals surface area contributed by atoms with E-state index in [-0.39, 0.29) is 17.4 Å². The van der Waals surface area contributed by atoms with Gasteiger partial charge in [-0.1, -0.05) is 39.8 Å². The first kappa shape index (κ1) is 23.2. The van der Waals surface area contributed by atoms with Crippen LogP contribution in [0.3, 0.4) is 0 Å². The lowest BCUT2D eigenvalue weighted by molar-refractivity contribution is 0.263. The molecule has 2 heterocycles. The topological polar surface area (TPSA) is 65.7 Å². The average molecular weight is 442 g/mol. The Morgan fingerprint density at radius 3 is 2.33 bits per heavy atom. The molecule has 1 aliphatic carbocycles. The average Bonchev–Trinajstić information content (AvgIpc) is 2.94. The van der Waals surface area contributed by atoms with Crippen LogP contribution in [0.1, 0.15) is 64.2 Å². The van der Waals surface area contributed by atoms with Gasteiger partial charge in [0, 0.05) is 28.8 Å². The third-order valence-corrected chi connectivity index (χ3v) is 8.30. The van der Waals surface area contributed by atoms with Crippen molar-refractivity contribution < 1.29 is 0 Å². The lowest BCUT2D eigenvalue weighted by atomic mass is 9.73. The molecule has 0 radical (unpaired) electrons. The number of allylic oxidation sites excluding steroid dienone is 2. The molecule has 1 saturated carbocycles. The number of nitriles is 1. The summed E-state index contributed by atoms with van der Waals surface area (Å²) in [5.74, 6) is 3.93. The van der Waals surface area contributed by atoms with E-state index in [1.54, 1.807) is 0 Å². The maximum atomic E-state index is 10.0. The summed E-state index contributed by atoms with van der Waals surface area (Å²) in [4.78, 5) is 16.0. The molecule has 172 valence electrons. The van der Waals surface area contributed by atoms with Crippen LogP contribution >= 0.6 is 0 Å². The summed E-state index contributed by atoms with van der Waals surface area (Å²) in [7, 11) is 0. The van der Waals surface area contributed by atoms with Crippen molar-refractivity contribution in [1.82, 2.24) is 15.0 Å². The molecule has 0 spiro atoms. The number of rotatable bonds is 4. The molecule has 1 aromatic carbocycles. The third kappa shape index (κ3) is 3.47. The van der Waals surface area contributed by atoms with Gasteiger partial charge in [-0.2, -0.15) is 5.26 Å². The number of hydrogen-bond acceptors (Lipinski definition) is 5. The van der Waals surface area contributed by atoms with E-state index < -0.39 is 0 Å². The monoisotopic (exact) mass is 441 g/mol. The van der Waals surface area contributed by atoms with Crippen LogP contribution in [0.4, 0.5) is 5.69 Å². The molecular weight excluding hydrogens is 406 g/mol. The van der Waals surface area contributed by atoms with E-state index in [0.717, 1.165) is 17.2 Å². The SMILES string of the molecule is C=CC1[C@@H](C)[C@@H](C)[C@H](C)C1(CC#N)N1C(C)=CC(C)c2cc(-c3nc(C)nc(C)n3)ccc21. The van der Waals surface area contributed by atoms with Crippen molar-refractivity contribution in [1.29, 1.82) is 5.26 Å². The van der Waals surface area contributed by atoms with Crippen molar-refractivity contribution in [2.75, 3.05) is 4.90 Å². The highest BCUT2D eigenvalue weighted by Gasteiger charge is 2.58. The fourth-order valence-electron chi connectivity index (χ4n) is 6.53. The summed E-state index contributed by atoms with van der Waals surface area (Å²) in [5.41, 5.74) is 4.31. The summed E-state index contributed by atoms with van der Waals surface area (Å²) in [6, 6.07) is 9.09. The van der Waals surface area contributed by atoms with Gasteiger partial charge in [-0.3, -0.25) is 0 Å². The number of benzene rings is 1. The van der Waals surface area contributed by atoms with Crippen LogP contribution < -0.4 is 4.90 Å². The van der Waals surface area contributed by atoms with Gasteiger partial charge >= 0.3 is 0 Å². The second-order valence-corrected chi connectivity index (χ2v) is 10.1. The molecule has 1 aliphatic heterocycles. The highest BCUT2D eigenvalue weighted by molar-refractivity contribution is 5.71. The van der Waals surface area contributed by atoms with E-state index in [9.17, 15) is 5.26 Å². The molecule has 0 bridgehead atoms. The molecule has 0 N–H and O–H groups in total. The molecule has 5 heteroatoms. The van der Waals surface area contributed by atoms with Crippen LogP contribution in [0.5, 0.6) is 0 Å². The zero-order chi connectivity index (χ0) is 24.1. The quantitative estimate of drug-likeness (QED) is 0.517. The molecule has 4 rings (SSSR count). The van der Waals surface area contributed by atoms with Crippen LogP contribution in [0, 0.1) is 48.9 Å². The highest BCUT2D eigenvalue weighted by atomic mass is 15.2. The summed E-state index contributed by atoms with van der Waals surface area (Å²) in [5, 5.41) is 10.0. The Hall–Kier alpha value is -3.00. The van der Waals surface area contributed by atoms with Crippen LogP contribution in [0.25, 0.3) is 11.4 Å². The van der Waals surface area contributed by atoms with E-state index >= 15 is 0 Å².